The second-order valence-electron chi connectivity index (χ2n) is 5.22. The van der Waals surface area contributed by atoms with Gasteiger partial charge in [-0.25, -0.2) is 0 Å². The lowest BCUT2D eigenvalue weighted by Crippen LogP contribution is -1.91. The summed E-state index contributed by atoms with van der Waals surface area (Å²) in [6.45, 7) is 8.24. The Bertz CT molecular complexity index is 599. The van der Waals surface area contributed by atoms with E-state index in [1.165, 1.54) is 26.5 Å². The Hall–Kier alpha value is -1.67. The van der Waals surface area contributed by atoms with Crippen molar-refractivity contribution in [1.29, 1.82) is 0 Å². The smallest absolute Gasteiger partial charge is 0.0314 e. The summed E-state index contributed by atoms with van der Waals surface area (Å²) in [6, 6.07) is 14.7. The number of hydrogen-bond acceptors (Lipinski definition) is 2. The summed E-state index contributed by atoms with van der Waals surface area (Å²) >= 11 is 1.78. The van der Waals surface area contributed by atoms with Crippen LogP contribution < -0.4 is 5.73 Å². The maximum absolute atomic E-state index is 5.71. The first-order valence-electron chi connectivity index (χ1n) is 6.82. The van der Waals surface area contributed by atoms with Crippen LogP contribution in [0.15, 0.2) is 64.4 Å². The fourth-order valence-electron chi connectivity index (χ4n) is 2.00. The van der Waals surface area contributed by atoms with Gasteiger partial charge in [0.15, 0.2) is 0 Å². The second kappa shape index (κ2) is 6.67. The molecule has 0 saturated carbocycles. The number of nitrogens with two attached hydrogens (primary N) is 1. The van der Waals surface area contributed by atoms with Crippen LogP contribution in [0.25, 0.3) is 0 Å². The number of hydrogen-bond donors (Lipinski definition) is 1. The zero-order valence-corrected chi connectivity index (χ0v) is 13.0. The molecule has 0 bridgehead atoms. The average Bonchev–Trinajstić information content (AvgIpc) is 2.42. The molecule has 0 atom stereocenters. The Kier molecular flexibility index (Phi) is 4.91. The topological polar surface area (TPSA) is 26.0 Å². The van der Waals surface area contributed by atoms with Crippen LogP contribution in [-0.2, 0) is 6.42 Å². The Morgan fingerprint density at radius 3 is 2.40 bits per heavy atom. The number of nitrogen functional groups attached to an aromatic ring is 1. The maximum atomic E-state index is 5.71. The summed E-state index contributed by atoms with van der Waals surface area (Å²) in [5.41, 5.74) is 10.5. The van der Waals surface area contributed by atoms with Crippen molar-refractivity contribution in [3.8, 4) is 0 Å². The third-order valence-electron chi connectivity index (χ3n) is 3.26. The first kappa shape index (κ1) is 14.7. The SMILES string of the molecule is C=C(C)CCc1cc(Sc2ccc(N)cc2)ccc1C. The molecule has 2 aromatic carbocycles. The zero-order chi connectivity index (χ0) is 14.5. The van der Waals surface area contributed by atoms with Crippen LogP contribution in [0, 0.1) is 6.92 Å². The van der Waals surface area contributed by atoms with Crippen molar-refractivity contribution in [3.05, 3.63) is 65.7 Å². The van der Waals surface area contributed by atoms with Crippen molar-refractivity contribution in [3.63, 3.8) is 0 Å². The van der Waals surface area contributed by atoms with Crippen molar-refractivity contribution in [2.24, 2.45) is 0 Å². The molecule has 0 radical (unpaired) electrons. The number of aryl methyl sites for hydroxylation is 2. The molecule has 0 heterocycles. The van der Waals surface area contributed by atoms with E-state index in [4.69, 9.17) is 5.73 Å². The molecule has 2 N–H and O–H groups in total. The molecule has 0 amide bonds. The van der Waals surface area contributed by atoms with Crippen LogP contribution >= 0.6 is 11.8 Å². The summed E-state index contributed by atoms with van der Waals surface area (Å²) in [6.07, 6.45) is 2.12. The van der Waals surface area contributed by atoms with Crippen molar-refractivity contribution in [1.82, 2.24) is 0 Å². The van der Waals surface area contributed by atoms with E-state index in [2.05, 4.69) is 50.8 Å². The lowest BCUT2D eigenvalue weighted by atomic mass is 10.0. The predicted molar refractivity (Wildman–Crippen MR) is 89.3 cm³/mol. The van der Waals surface area contributed by atoms with Crippen molar-refractivity contribution < 1.29 is 0 Å². The summed E-state index contributed by atoms with van der Waals surface area (Å²) in [4.78, 5) is 2.49. The minimum Gasteiger partial charge on any atom is -0.399 e. The van der Waals surface area contributed by atoms with Gasteiger partial charge in [0.1, 0.15) is 0 Å². The lowest BCUT2D eigenvalue weighted by Gasteiger charge is -2.09. The number of anilines is 1. The molecule has 2 heteroatoms. The highest BCUT2D eigenvalue weighted by atomic mass is 32.2. The Morgan fingerprint density at radius 1 is 1.10 bits per heavy atom. The van der Waals surface area contributed by atoms with E-state index in [1.54, 1.807) is 11.8 Å². The van der Waals surface area contributed by atoms with Gasteiger partial charge < -0.3 is 5.73 Å². The van der Waals surface area contributed by atoms with Crippen molar-refractivity contribution in [2.45, 2.75) is 36.5 Å². The van der Waals surface area contributed by atoms with Crippen molar-refractivity contribution in [2.75, 3.05) is 5.73 Å². The molecular formula is C18H21NS. The van der Waals surface area contributed by atoms with Crippen LogP contribution in [0.3, 0.4) is 0 Å². The molecule has 0 aliphatic rings. The van der Waals surface area contributed by atoms with Gasteiger partial charge in [0, 0.05) is 15.5 Å². The van der Waals surface area contributed by atoms with Crippen LogP contribution in [0.5, 0.6) is 0 Å². The first-order valence-corrected chi connectivity index (χ1v) is 7.63. The Balaban J connectivity index is 2.14. The molecule has 0 spiro atoms. The van der Waals surface area contributed by atoms with Gasteiger partial charge in [-0.2, -0.15) is 0 Å². The summed E-state index contributed by atoms with van der Waals surface area (Å²) in [5.74, 6) is 0. The molecule has 0 aliphatic carbocycles. The molecule has 0 fully saturated rings. The van der Waals surface area contributed by atoms with Gasteiger partial charge in [0.2, 0.25) is 0 Å². The highest BCUT2D eigenvalue weighted by Crippen LogP contribution is 2.30. The van der Waals surface area contributed by atoms with Crippen LogP contribution in [0.2, 0.25) is 0 Å². The molecule has 2 rings (SSSR count). The fraction of sp³-hybridized carbons (Fsp3) is 0.222. The van der Waals surface area contributed by atoms with E-state index >= 15 is 0 Å². The molecule has 2 aromatic rings. The Morgan fingerprint density at radius 2 is 1.75 bits per heavy atom. The molecule has 0 saturated heterocycles. The van der Waals surface area contributed by atoms with Crippen molar-refractivity contribution >= 4 is 17.4 Å². The molecule has 0 aromatic heterocycles. The first-order chi connectivity index (χ1) is 9.54. The monoisotopic (exact) mass is 283 g/mol. The van der Waals surface area contributed by atoms with E-state index in [0.717, 1.165) is 18.5 Å². The van der Waals surface area contributed by atoms with Gasteiger partial charge in [-0.15, -0.1) is 6.58 Å². The van der Waals surface area contributed by atoms with Crippen LogP contribution in [0.1, 0.15) is 24.5 Å². The quantitative estimate of drug-likeness (QED) is 0.600. The normalized spacial score (nSPS) is 10.5. The molecule has 0 aliphatic heterocycles. The average molecular weight is 283 g/mol. The second-order valence-corrected chi connectivity index (χ2v) is 6.36. The van der Waals surface area contributed by atoms with E-state index in [-0.39, 0.29) is 0 Å². The summed E-state index contributed by atoms with van der Waals surface area (Å²) in [5, 5.41) is 0. The molecule has 20 heavy (non-hydrogen) atoms. The van der Waals surface area contributed by atoms with Gasteiger partial charge >= 0.3 is 0 Å². The number of allylic oxidation sites excluding steroid dienone is 1. The third kappa shape index (κ3) is 4.17. The maximum Gasteiger partial charge on any atom is 0.0314 e. The zero-order valence-electron chi connectivity index (χ0n) is 12.1. The standard InChI is InChI=1S/C18H21NS/c1-13(2)4-6-15-12-18(9-5-14(15)3)20-17-10-7-16(19)8-11-17/h5,7-12H,1,4,6,19H2,2-3H3. The highest BCUT2D eigenvalue weighted by Gasteiger charge is 2.03. The molecule has 1 nitrogen and oxygen atoms in total. The molecule has 104 valence electrons. The van der Waals surface area contributed by atoms with E-state index in [1.807, 2.05) is 12.1 Å². The fourth-order valence-corrected chi connectivity index (χ4v) is 2.88. The van der Waals surface area contributed by atoms with E-state index in [9.17, 15) is 0 Å². The molecular weight excluding hydrogens is 262 g/mol. The van der Waals surface area contributed by atoms with Crippen LogP contribution in [-0.4, -0.2) is 0 Å². The van der Waals surface area contributed by atoms with Gasteiger partial charge in [0.05, 0.1) is 0 Å². The highest BCUT2D eigenvalue weighted by molar-refractivity contribution is 7.99. The summed E-state index contributed by atoms with van der Waals surface area (Å²) in [7, 11) is 0. The van der Waals surface area contributed by atoms with Gasteiger partial charge in [0.25, 0.3) is 0 Å². The minimum absolute atomic E-state index is 0.806. The van der Waals surface area contributed by atoms with Crippen LogP contribution in [0.4, 0.5) is 5.69 Å². The number of benzene rings is 2. The Labute approximate surface area is 125 Å². The van der Waals surface area contributed by atoms with Gasteiger partial charge in [-0.1, -0.05) is 23.4 Å². The van der Waals surface area contributed by atoms with E-state index < -0.39 is 0 Å². The number of rotatable bonds is 5. The molecule has 0 unspecified atom stereocenters. The third-order valence-corrected chi connectivity index (χ3v) is 4.26. The minimum atomic E-state index is 0.806. The predicted octanol–water partition coefficient (Wildman–Crippen LogP) is 5.24. The largest absolute Gasteiger partial charge is 0.399 e. The van der Waals surface area contributed by atoms with Gasteiger partial charge in [-0.05, 0) is 74.2 Å². The van der Waals surface area contributed by atoms with E-state index in [0.29, 0.717) is 0 Å². The summed E-state index contributed by atoms with van der Waals surface area (Å²) < 4.78 is 0. The lowest BCUT2D eigenvalue weighted by molar-refractivity contribution is 0.931. The van der Waals surface area contributed by atoms with Gasteiger partial charge in [-0.3, -0.25) is 0 Å².